The number of hydrogen-bond acceptors (Lipinski definition) is 2. The lowest BCUT2D eigenvalue weighted by Gasteiger charge is -2.33. The van der Waals surface area contributed by atoms with Crippen LogP contribution in [-0.2, 0) is 16.6 Å². The van der Waals surface area contributed by atoms with E-state index in [2.05, 4.69) is 25.1 Å². The van der Waals surface area contributed by atoms with Crippen LogP contribution in [0.1, 0.15) is 28.9 Å². The van der Waals surface area contributed by atoms with Crippen molar-refractivity contribution in [1.29, 1.82) is 0 Å². The second-order valence-corrected chi connectivity index (χ2v) is 6.29. The molecule has 128 valence electrons. The van der Waals surface area contributed by atoms with Crippen LogP contribution in [0.25, 0.3) is 10.9 Å². The van der Waals surface area contributed by atoms with Crippen molar-refractivity contribution in [2.75, 3.05) is 6.54 Å². The lowest BCUT2D eigenvalue weighted by Crippen LogP contribution is -2.35. The van der Waals surface area contributed by atoms with Crippen LogP contribution in [0.2, 0.25) is 0 Å². The molecule has 0 saturated heterocycles. The number of carbonyl (C=O) groups excluding carboxylic acids is 2. The number of amides is 1. The van der Waals surface area contributed by atoms with Gasteiger partial charge < -0.3 is 5.32 Å². The van der Waals surface area contributed by atoms with Gasteiger partial charge in [-0.3, -0.25) is 14.2 Å². The molecule has 0 atom stereocenters. The Balaban J connectivity index is 2.27. The van der Waals surface area contributed by atoms with E-state index in [1.807, 2.05) is 36.4 Å². The first-order chi connectivity index (χ1) is 12.1. The molecule has 1 aliphatic heterocycles. The molecule has 0 radical (unpaired) electrons. The molecular formula is C21H22N2O2. The first-order valence-corrected chi connectivity index (χ1v) is 8.38. The molecule has 1 aromatic heterocycles. The molecule has 2 aromatic rings. The van der Waals surface area contributed by atoms with Gasteiger partial charge in [0.15, 0.2) is 0 Å². The summed E-state index contributed by atoms with van der Waals surface area (Å²) in [5, 5.41) is 3.74. The van der Waals surface area contributed by atoms with Crippen molar-refractivity contribution >= 4 is 22.7 Å². The van der Waals surface area contributed by atoms with E-state index in [-0.39, 0.29) is 18.2 Å². The van der Waals surface area contributed by atoms with E-state index >= 15 is 0 Å². The van der Waals surface area contributed by atoms with Gasteiger partial charge in [-0.2, -0.15) is 0 Å². The standard InChI is InChI=1S/C21H22N2O2/c1-4-13-22-18(24)14-16-15-9-7-8-10-17(15)23-19(25)11-12-21(5-2,6-3)20(16)23/h4-10H,1-3,11-14H2,(H,22,24). The van der Waals surface area contributed by atoms with Crippen molar-refractivity contribution in [2.24, 2.45) is 0 Å². The Kier molecular flexibility index (Phi) is 4.45. The molecule has 0 unspecified atom stereocenters. The zero-order valence-electron chi connectivity index (χ0n) is 14.3. The third kappa shape index (κ3) is 2.64. The maximum Gasteiger partial charge on any atom is 0.231 e. The molecular weight excluding hydrogens is 312 g/mol. The molecule has 1 amide bonds. The number of carbonyl (C=O) groups is 2. The Labute approximate surface area is 147 Å². The quantitative estimate of drug-likeness (QED) is 0.822. The maximum absolute atomic E-state index is 12.7. The average molecular weight is 334 g/mol. The van der Waals surface area contributed by atoms with Gasteiger partial charge in [0.05, 0.1) is 11.9 Å². The van der Waals surface area contributed by atoms with E-state index in [4.69, 9.17) is 0 Å². The summed E-state index contributed by atoms with van der Waals surface area (Å²) >= 11 is 0. The van der Waals surface area contributed by atoms with Crippen LogP contribution in [0, 0.1) is 0 Å². The molecule has 4 nitrogen and oxygen atoms in total. The van der Waals surface area contributed by atoms with Crippen LogP contribution in [0.4, 0.5) is 0 Å². The highest BCUT2D eigenvalue weighted by Crippen LogP contribution is 2.43. The van der Waals surface area contributed by atoms with Gasteiger partial charge in [0.1, 0.15) is 0 Å². The van der Waals surface area contributed by atoms with Gasteiger partial charge in [0, 0.05) is 29.5 Å². The second-order valence-electron chi connectivity index (χ2n) is 6.29. The van der Waals surface area contributed by atoms with Crippen molar-refractivity contribution in [3.8, 4) is 0 Å². The van der Waals surface area contributed by atoms with Crippen LogP contribution in [0.3, 0.4) is 0 Å². The fraction of sp³-hybridized carbons (Fsp3) is 0.238. The summed E-state index contributed by atoms with van der Waals surface area (Å²) in [7, 11) is 0. The molecule has 0 fully saturated rings. The van der Waals surface area contributed by atoms with Crippen molar-refractivity contribution in [2.45, 2.75) is 24.7 Å². The highest BCUT2D eigenvalue weighted by atomic mass is 16.2. The average Bonchev–Trinajstić information content (AvgIpc) is 2.97. The van der Waals surface area contributed by atoms with E-state index in [0.29, 0.717) is 19.4 Å². The van der Waals surface area contributed by atoms with Crippen LogP contribution in [0.15, 0.2) is 62.2 Å². The second kappa shape index (κ2) is 6.55. The number of aromatic nitrogens is 1. The summed E-state index contributed by atoms with van der Waals surface area (Å²) in [6.07, 6.45) is 6.56. The van der Waals surface area contributed by atoms with Gasteiger partial charge in [0.25, 0.3) is 0 Å². The van der Waals surface area contributed by atoms with Crippen LogP contribution < -0.4 is 5.32 Å². The summed E-state index contributed by atoms with van der Waals surface area (Å²) in [5.41, 5.74) is 2.01. The molecule has 1 N–H and O–H groups in total. The summed E-state index contributed by atoms with van der Waals surface area (Å²) in [6.45, 7) is 12.0. The van der Waals surface area contributed by atoms with Crippen molar-refractivity contribution in [1.82, 2.24) is 9.88 Å². The van der Waals surface area contributed by atoms with Gasteiger partial charge in [-0.05, 0) is 18.1 Å². The van der Waals surface area contributed by atoms with Gasteiger partial charge in [-0.1, -0.05) is 36.4 Å². The Hall–Kier alpha value is -2.88. The van der Waals surface area contributed by atoms with Crippen LogP contribution in [-0.4, -0.2) is 22.9 Å². The minimum absolute atomic E-state index is 0.0447. The van der Waals surface area contributed by atoms with Gasteiger partial charge in [-0.15, -0.1) is 19.7 Å². The number of benzene rings is 1. The van der Waals surface area contributed by atoms with Crippen LogP contribution in [0.5, 0.6) is 0 Å². The van der Waals surface area contributed by atoms with E-state index in [1.54, 1.807) is 10.6 Å². The molecule has 2 heterocycles. The first kappa shape index (κ1) is 17.0. The molecule has 0 spiro atoms. The maximum atomic E-state index is 12.7. The molecule has 0 aliphatic carbocycles. The van der Waals surface area contributed by atoms with Crippen LogP contribution >= 0.6 is 0 Å². The Morgan fingerprint density at radius 1 is 1.24 bits per heavy atom. The number of allylic oxidation sites excluding steroid dienone is 2. The number of rotatable bonds is 6. The molecule has 0 saturated carbocycles. The summed E-state index contributed by atoms with van der Waals surface area (Å²) < 4.78 is 1.75. The predicted molar refractivity (Wildman–Crippen MR) is 101 cm³/mol. The van der Waals surface area contributed by atoms with E-state index in [9.17, 15) is 9.59 Å². The van der Waals surface area contributed by atoms with Gasteiger partial charge >= 0.3 is 0 Å². The summed E-state index contributed by atoms with van der Waals surface area (Å²) in [6, 6.07) is 7.71. The Morgan fingerprint density at radius 2 is 1.96 bits per heavy atom. The lowest BCUT2D eigenvalue weighted by atomic mass is 9.76. The number of fused-ring (bicyclic) bond motifs is 3. The minimum atomic E-state index is -0.513. The first-order valence-electron chi connectivity index (χ1n) is 8.38. The van der Waals surface area contributed by atoms with Crippen molar-refractivity contribution in [3.05, 3.63) is 73.5 Å². The normalized spacial score (nSPS) is 15.4. The predicted octanol–water partition coefficient (Wildman–Crippen LogP) is 3.53. The number of hydrogen-bond donors (Lipinski definition) is 1. The fourth-order valence-corrected chi connectivity index (χ4v) is 3.67. The molecule has 4 heteroatoms. The fourth-order valence-electron chi connectivity index (χ4n) is 3.67. The SMILES string of the molecule is C=CCNC(=O)Cc1c2n(c3ccccc13)C(=O)CCC2(C=C)C=C. The topological polar surface area (TPSA) is 51.1 Å². The Bertz CT molecular complexity index is 881. The molecule has 0 bridgehead atoms. The van der Waals surface area contributed by atoms with Gasteiger partial charge in [0.2, 0.25) is 11.8 Å². The third-order valence-electron chi connectivity index (χ3n) is 4.93. The summed E-state index contributed by atoms with van der Waals surface area (Å²) in [4.78, 5) is 25.0. The molecule has 1 aliphatic rings. The lowest BCUT2D eigenvalue weighted by molar-refractivity contribution is -0.120. The zero-order chi connectivity index (χ0) is 18.0. The monoisotopic (exact) mass is 334 g/mol. The number of para-hydroxylation sites is 1. The third-order valence-corrected chi connectivity index (χ3v) is 4.93. The summed E-state index contributed by atoms with van der Waals surface area (Å²) in [5.74, 6) is -0.0534. The molecule has 1 aromatic carbocycles. The van der Waals surface area contributed by atoms with Gasteiger partial charge in [-0.25, -0.2) is 0 Å². The van der Waals surface area contributed by atoms with E-state index < -0.39 is 5.41 Å². The smallest absolute Gasteiger partial charge is 0.231 e. The molecule has 3 rings (SSSR count). The highest BCUT2D eigenvalue weighted by molar-refractivity contribution is 5.99. The Morgan fingerprint density at radius 3 is 2.64 bits per heavy atom. The minimum Gasteiger partial charge on any atom is -0.352 e. The largest absolute Gasteiger partial charge is 0.352 e. The van der Waals surface area contributed by atoms with Crippen molar-refractivity contribution < 1.29 is 9.59 Å². The van der Waals surface area contributed by atoms with Crippen molar-refractivity contribution in [3.63, 3.8) is 0 Å². The highest BCUT2D eigenvalue weighted by Gasteiger charge is 2.39. The molecule has 25 heavy (non-hydrogen) atoms. The van der Waals surface area contributed by atoms with E-state index in [0.717, 1.165) is 22.2 Å². The number of nitrogens with one attached hydrogen (secondary N) is 1. The van der Waals surface area contributed by atoms with E-state index in [1.165, 1.54) is 0 Å². The zero-order valence-corrected chi connectivity index (χ0v) is 14.3. The number of nitrogens with zero attached hydrogens (tertiary/aromatic N) is 1.